The number of nitrogens with zero attached hydrogens (tertiary/aromatic N) is 1. The third kappa shape index (κ3) is 3.21. The molecule has 0 saturated carbocycles. The Kier molecular flexibility index (Phi) is 4.57. The topological polar surface area (TPSA) is 84.3 Å². The minimum Gasteiger partial charge on any atom is -0.325 e. The molecule has 1 aliphatic rings. The zero-order valence-corrected chi connectivity index (χ0v) is 12.4. The van der Waals surface area contributed by atoms with Crippen LogP contribution in [0.4, 0.5) is 11.4 Å². The molecule has 1 aliphatic heterocycles. The van der Waals surface area contributed by atoms with Crippen molar-refractivity contribution in [3.63, 3.8) is 0 Å². The number of nitro benzene ring substituents is 1. The number of amides is 1. The largest absolute Gasteiger partial charge is 0.325 e. The lowest BCUT2D eigenvalue weighted by molar-refractivity contribution is -0.385. The molecule has 1 fully saturated rings. The van der Waals surface area contributed by atoms with Gasteiger partial charge in [-0.2, -0.15) is 0 Å². The van der Waals surface area contributed by atoms with Crippen LogP contribution < -0.4 is 10.6 Å². The molecule has 1 amide bonds. The first-order chi connectivity index (χ1) is 9.98. The van der Waals surface area contributed by atoms with Gasteiger partial charge in [-0.3, -0.25) is 14.9 Å². The van der Waals surface area contributed by atoms with E-state index in [1.165, 1.54) is 6.07 Å². The summed E-state index contributed by atoms with van der Waals surface area (Å²) in [6.45, 7) is 5.36. The summed E-state index contributed by atoms with van der Waals surface area (Å²) in [4.78, 5) is 23.1. The highest BCUT2D eigenvalue weighted by Crippen LogP contribution is 2.34. The van der Waals surface area contributed by atoms with Crippen molar-refractivity contribution in [1.82, 2.24) is 5.32 Å². The van der Waals surface area contributed by atoms with Crippen LogP contribution in [0.25, 0.3) is 0 Å². The number of nitrogens with one attached hydrogen (secondary N) is 2. The maximum atomic E-state index is 12.6. The second kappa shape index (κ2) is 6.22. The van der Waals surface area contributed by atoms with E-state index in [2.05, 4.69) is 10.6 Å². The molecule has 0 aromatic heterocycles. The highest BCUT2D eigenvalue weighted by Gasteiger charge is 2.37. The first-order valence-corrected chi connectivity index (χ1v) is 7.26. The highest BCUT2D eigenvalue weighted by molar-refractivity contribution is 5.95. The summed E-state index contributed by atoms with van der Waals surface area (Å²) in [5.41, 5.74) is 0.739. The van der Waals surface area contributed by atoms with Crippen molar-refractivity contribution in [3.8, 4) is 0 Å². The molecule has 6 heteroatoms. The Morgan fingerprint density at radius 1 is 1.43 bits per heavy atom. The van der Waals surface area contributed by atoms with Crippen molar-refractivity contribution in [2.24, 2.45) is 5.41 Å². The van der Waals surface area contributed by atoms with Crippen LogP contribution in [0.5, 0.6) is 0 Å². The van der Waals surface area contributed by atoms with Crippen LogP contribution in [-0.4, -0.2) is 23.9 Å². The number of hydrogen-bond acceptors (Lipinski definition) is 4. The van der Waals surface area contributed by atoms with Gasteiger partial charge < -0.3 is 10.6 Å². The fraction of sp³-hybridized carbons (Fsp3) is 0.533. The van der Waals surface area contributed by atoms with E-state index in [1.54, 1.807) is 19.1 Å². The number of anilines is 1. The number of benzene rings is 1. The highest BCUT2D eigenvalue weighted by atomic mass is 16.6. The Morgan fingerprint density at radius 3 is 2.67 bits per heavy atom. The molecule has 1 heterocycles. The number of piperidine rings is 1. The second-order valence-electron chi connectivity index (χ2n) is 5.60. The van der Waals surface area contributed by atoms with Gasteiger partial charge in [-0.1, -0.05) is 13.0 Å². The Morgan fingerprint density at radius 2 is 2.10 bits per heavy atom. The second-order valence-corrected chi connectivity index (χ2v) is 5.60. The van der Waals surface area contributed by atoms with Crippen molar-refractivity contribution in [3.05, 3.63) is 33.9 Å². The van der Waals surface area contributed by atoms with Crippen LogP contribution in [0, 0.1) is 22.5 Å². The van der Waals surface area contributed by atoms with E-state index in [1.807, 2.05) is 6.92 Å². The van der Waals surface area contributed by atoms with Gasteiger partial charge in [0.05, 0.1) is 10.3 Å². The number of carbonyl (C=O) groups excluding carboxylic acids is 1. The molecule has 0 radical (unpaired) electrons. The zero-order chi connectivity index (χ0) is 15.5. The van der Waals surface area contributed by atoms with Crippen molar-refractivity contribution >= 4 is 17.3 Å². The van der Waals surface area contributed by atoms with Crippen LogP contribution in [0.15, 0.2) is 18.2 Å². The zero-order valence-electron chi connectivity index (χ0n) is 12.4. The van der Waals surface area contributed by atoms with E-state index >= 15 is 0 Å². The van der Waals surface area contributed by atoms with Gasteiger partial charge in [0.15, 0.2) is 0 Å². The Labute approximate surface area is 124 Å². The number of aryl methyl sites for hydroxylation is 1. The predicted octanol–water partition coefficient (Wildman–Crippen LogP) is 2.62. The molecular weight excluding hydrogens is 270 g/mol. The molecule has 114 valence electrons. The molecule has 0 unspecified atom stereocenters. The van der Waals surface area contributed by atoms with Crippen molar-refractivity contribution in [2.75, 3.05) is 18.4 Å². The van der Waals surface area contributed by atoms with Crippen LogP contribution in [-0.2, 0) is 4.79 Å². The standard InChI is InChI=1S/C15H21N3O3/c1-3-15(6-8-16-9-7-15)14(19)17-12-5-4-11(2)13(10-12)18(20)21/h4-5,10,16H,3,6-9H2,1-2H3,(H,17,19). The number of nitro groups is 1. The summed E-state index contributed by atoms with van der Waals surface area (Å²) < 4.78 is 0. The third-order valence-corrected chi connectivity index (χ3v) is 4.38. The predicted molar refractivity (Wildman–Crippen MR) is 81.3 cm³/mol. The van der Waals surface area contributed by atoms with E-state index in [0.717, 1.165) is 32.4 Å². The maximum absolute atomic E-state index is 12.6. The molecule has 1 aromatic rings. The average Bonchev–Trinajstić information content (AvgIpc) is 2.49. The summed E-state index contributed by atoms with van der Waals surface area (Å²) in [6.07, 6.45) is 2.36. The van der Waals surface area contributed by atoms with E-state index in [0.29, 0.717) is 11.3 Å². The van der Waals surface area contributed by atoms with Crippen LogP contribution in [0.3, 0.4) is 0 Å². The maximum Gasteiger partial charge on any atom is 0.274 e. The van der Waals surface area contributed by atoms with Gasteiger partial charge in [-0.15, -0.1) is 0 Å². The van der Waals surface area contributed by atoms with Gasteiger partial charge >= 0.3 is 0 Å². The van der Waals surface area contributed by atoms with E-state index in [-0.39, 0.29) is 17.0 Å². The van der Waals surface area contributed by atoms with Gasteiger partial charge in [0.25, 0.3) is 5.69 Å². The SMILES string of the molecule is CCC1(C(=O)Nc2ccc(C)c([N+](=O)[O-])c2)CCNCC1. The van der Waals surface area contributed by atoms with E-state index < -0.39 is 4.92 Å². The average molecular weight is 291 g/mol. The number of hydrogen-bond donors (Lipinski definition) is 2. The Hall–Kier alpha value is -1.95. The fourth-order valence-electron chi connectivity index (χ4n) is 2.79. The smallest absolute Gasteiger partial charge is 0.274 e. The number of carbonyl (C=O) groups is 1. The summed E-state index contributed by atoms with van der Waals surface area (Å²) >= 11 is 0. The molecule has 1 saturated heterocycles. The van der Waals surface area contributed by atoms with E-state index in [9.17, 15) is 14.9 Å². The van der Waals surface area contributed by atoms with Crippen molar-refractivity contribution in [1.29, 1.82) is 0 Å². The summed E-state index contributed by atoms with van der Waals surface area (Å²) in [5, 5.41) is 17.1. The molecule has 0 bridgehead atoms. The van der Waals surface area contributed by atoms with Gasteiger partial charge in [0.1, 0.15) is 0 Å². The Balaban J connectivity index is 2.19. The normalized spacial score (nSPS) is 17.2. The molecule has 2 rings (SSSR count). The van der Waals surface area contributed by atoms with Crippen LogP contribution >= 0.6 is 0 Å². The fourth-order valence-corrected chi connectivity index (χ4v) is 2.79. The number of rotatable bonds is 4. The lowest BCUT2D eigenvalue weighted by atomic mass is 9.76. The Bertz CT molecular complexity index is 551. The van der Waals surface area contributed by atoms with Crippen LogP contribution in [0.2, 0.25) is 0 Å². The summed E-state index contributed by atoms with van der Waals surface area (Å²) in [7, 11) is 0. The van der Waals surface area contributed by atoms with Crippen LogP contribution in [0.1, 0.15) is 31.7 Å². The molecule has 21 heavy (non-hydrogen) atoms. The lowest BCUT2D eigenvalue weighted by Gasteiger charge is -2.35. The van der Waals surface area contributed by atoms with Crippen molar-refractivity contribution < 1.29 is 9.72 Å². The molecule has 0 aliphatic carbocycles. The van der Waals surface area contributed by atoms with Gasteiger partial charge in [0, 0.05) is 17.3 Å². The quantitative estimate of drug-likeness (QED) is 0.659. The first-order valence-electron chi connectivity index (χ1n) is 7.26. The minimum absolute atomic E-state index is 0.0312. The molecular formula is C15H21N3O3. The third-order valence-electron chi connectivity index (χ3n) is 4.38. The van der Waals surface area contributed by atoms with E-state index in [4.69, 9.17) is 0 Å². The van der Waals surface area contributed by atoms with Gasteiger partial charge in [-0.05, 0) is 45.3 Å². The first kappa shape index (κ1) is 15.4. The molecule has 2 N–H and O–H groups in total. The summed E-state index contributed by atoms with van der Waals surface area (Å²) in [6, 6.07) is 4.80. The molecule has 0 atom stereocenters. The lowest BCUT2D eigenvalue weighted by Crippen LogP contribution is -2.44. The molecule has 6 nitrogen and oxygen atoms in total. The minimum atomic E-state index is -0.425. The van der Waals surface area contributed by atoms with Gasteiger partial charge in [0.2, 0.25) is 5.91 Å². The monoisotopic (exact) mass is 291 g/mol. The van der Waals surface area contributed by atoms with Crippen molar-refractivity contribution in [2.45, 2.75) is 33.1 Å². The molecule has 1 aromatic carbocycles. The van der Waals surface area contributed by atoms with Gasteiger partial charge in [-0.25, -0.2) is 0 Å². The summed E-state index contributed by atoms with van der Waals surface area (Å²) in [5.74, 6) is -0.0374. The molecule has 0 spiro atoms.